The number of hydrogen-bond donors (Lipinski definition) is 1. The van der Waals surface area contributed by atoms with Gasteiger partial charge in [0.15, 0.2) is 0 Å². The molecule has 0 bridgehead atoms. The van der Waals surface area contributed by atoms with Crippen LogP contribution in [0.15, 0.2) is 35.5 Å². The van der Waals surface area contributed by atoms with Crippen LogP contribution in [-0.2, 0) is 23.0 Å². The zero-order chi connectivity index (χ0) is 13.5. The Kier molecular flexibility index (Phi) is 2.91. The fraction of sp³-hybridized carbons (Fsp3) is 0.308. The first-order valence-corrected chi connectivity index (χ1v) is 7.59. The topological polar surface area (TPSA) is 66.1 Å². The van der Waals surface area contributed by atoms with E-state index in [9.17, 15) is 8.42 Å². The summed E-state index contributed by atoms with van der Waals surface area (Å²) in [5.74, 6) is 0. The smallest absolute Gasteiger partial charge is 0.243 e. The summed E-state index contributed by atoms with van der Waals surface area (Å²) in [4.78, 5) is 7.55. The standard InChI is InChI=1S/C13H15N3O2S/c1-10-3-2-4-11(7-10)19(17,18)16-6-5-12-13(8-16)15-9-14-12/h2-4,7,9H,5-6,8H2,1H3,(H,14,15). The molecule has 19 heavy (non-hydrogen) atoms. The first-order valence-electron chi connectivity index (χ1n) is 6.15. The highest BCUT2D eigenvalue weighted by Gasteiger charge is 2.29. The third-order valence-corrected chi connectivity index (χ3v) is 5.21. The van der Waals surface area contributed by atoms with Gasteiger partial charge in [0, 0.05) is 13.0 Å². The Labute approximate surface area is 112 Å². The summed E-state index contributed by atoms with van der Waals surface area (Å²) in [5.41, 5.74) is 2.80. The molecule has 1 aromatic heterocycles. The highest BCUT2D eigenvalue weighted by atomic mass is 32.2. The maximum Gasteiger partial charge on any atom is 0.243 e. The number of sulfonamides is 1. The predicted octanol–water partition coefficient (Wildman–Crippen LogP) is 1.47. The van der Waals surface area contributed by atoms with Crippen LogP contribution >= 0.6 is 0 Å². The molecule has 0 saturated carbocycles. The van der Waals surface area contributed by atoms with Crippen molar-refractivity contribution in [2.75, 3.05) is 6.54 Å². The van der Waals surface area contributed by atoms with E-state index in [1.54, 1.807) is 24.5 Å². The number of aromatic nitrogens is 2. The molecule has 0 atom stereocenters. The fourth-order valence-electron chi connectivity index (χ4n) is 2.32. The molecule has 3 rings (SSSR count). The molecule has 2 aromatic rings. The van der Waals surface area contributed by atoms with Gasteiger partial charge in [-0.15, -0.1) is 0 Å². The van der Waals surface area contributed by atoms with Gasteiger partial charge in [-0.25, -0.2) is 13.4 Å². The monoisotopic (exact) mass is 277 g/mol. The van der Waals surface area contributed by atoms with Gasteiger partial charge in [-0.1, -0.05) is 12.1 Å². The molecule has 0 fully saturated rings. The Morgan fingerprint density at radius 3 is 3.00 bits per heavy atom. The van der Waals surface area contributed by atoms with E-state index in [-0.39, 0.29) is 0 Å². The van der Waals surface area contributed by atoms with Crippen molar-refractivity contribution in [1.82, 2.24) is 14.3 Å². The van der Waals surface area contributed by atoms with Gasteiger partial charge in [0.25, 0.3) is 0 Å². The highest BCUT2D eigenvalue weighted by Crippen LogP contribution is 2.23. The van der Waals surface area contributed by atoms with Gasteiger partial charge in [-0.05, 0) is 24.6 Å². The maximum absolute atomic E-state index is 12.6. The van der Waals surface area contributed by atoms with Gasteiger partial charge < -0.3 is 4.98 Å². The number of hydrogen-bond acceptors (Lipinski definition) is 3. The third kappa shape index (κ3) is 2.17. The van der Waals surface area contributed by atoms with Gasteiger partial charge in [-0.3, -0.25) is 0 Å². The van der Waals surface area contributed by atoms with E-state index in [0.29, 0.717) is 24.4 Å². The van der Waals surface area contributed by atoms with E-state index in [0.717, 1.165) is 17.0 Å². The summed E-state index contributed by atoms with van der Waals surface area (Å²) in [6, 6.07) is 7.01. The summed E-state index contributed by atoms with van der Waals surface area (Å²) >= 11 is 0. The lowest BCUT2D eigenvalue weighted by Gasteiger charge is -2.25. The van der Waals surface area contributed by atoms with Crippen molar-refractivity contribution >= 4 is 10.0 Å². The number of fused-ring (bicyclic) bond motifs is 1. The lowest BCUT2D eigenvalue weighted by Crippen LogP contribution is -2.36. The van der Waals surface area contributed by atoms with E-state index in [1.165, 1.54) is 4.31 Å². The summed E-state index contributed by atoms with van der Waals surface area (Å²) in [7, 11) is -3.42. The minimum Gasteiger partial charge on any atom is -0.347 e. The molecule has 100 valence electrons. The van der Waals surface area contributed by atoms with E-state index in [1.807, 2.05) is 13.0 Å². The maximum atomic E-state index is 12.6. The lowest BCUT2D eigenvalue weighted by molar-refractivity contribution is 0.385. The summed E-state index contributed by atoms with van der Waals surface area (Å²) in [5, 5.41) is 0. The first kappa shape index (κ1) is 12.4. The molecular formula is C13H15N3O2S. The molecule has 0 radical (unpaired) electrons. The molecule has 0 saturated heterocycles. The van der Waals surface area contributed by atoms with Crippen molar-refractivity contribution in [3.05, 3.63) is 47.5 Å². The number of benzene rings is 1. The summed E-state index contributed by atoms with van der Waals surface area (Å²) < 4.78 is 26.6. The van der Waals surface area contributed by atoms with E-state index < -0.39 is 10.0 Å². The molecule has 0 aliphatic carbocycles. The number of rotatable bonds is 2. The van der Waals surface area contributed by atoms with Crippen molar-refractivity contribution in [2.24, 2.45) is 0 Å². The van der Waals surface area contributed by atoms with Gasteiger partial charge in [0.2, 0.25) is 10.0 Å². The quantitative estimate of drug-likeness (QED) is 0.904. The van der Waals surface area contributed by atoms with Crippen molar-refractivity contribution in [2.45, 2.75) is 24.8 Å². The van der Waals surface area contributed by atoms with Crippen LogP contribution in [0.3, 0.4) is 0 Å². The SMILES string of the molecule is Cc1cccc(S(=O)(=O)N2CCc3nc[nH]c3C2)c1. The molecule has 1 aliphatic heterocycles. The van der Waals surface area contributed by atoms with E-state index in [4.69, 9.17) is 0 Å². The third-order valence-electron chi connectivity index (χ3n) is 3.37. The van der Waals surface area contributed by atoms with Gasteiger partial charge in [0.1, 0.15) is 0 Å². The predicted molar refractivity (Wildman–Crippen MR) is 71.1 cm³/mol. The second-order valence-electron chi connectivity index (χ2n) is 4.73. The van der Waals surface area contributed by atoms with Crippen LogP contribution in [-0.4, -0.2) is 29.2 Å². The van der Waals surface area contributed by atoms with Crippen molar-refractivity contribution in [3.8, 4) is 0 Å². The summed E-state index contributed by atoms with van der Waals surface area (Å²) in [6.45, 7) is 2.74. The zero-order valence-corrected chi connectivity index (χ0v) is 11.4. The molecule has 0 amide bonds. The zero-order valence-electron chi connectivity index (χ0n) is 10.6. The molecule has 5 nitrogen and oxygen atoms in total. The average Bonchev–Trinajstić information content (AvgIpc) is 2.85. The molecule has 1 aromatic carbocycles. The highest BCUT2D eigenvalue weighted by molar-refractivity contribution is 7.89. The normalized spacial score (nSPS) is 16.3. The molecule has 2 heterocycles. The van der Waals surface area contributed by atoms with E-state index in [2.05, 4.69) is 9.97 Å². The van der Waals surface area contributed by atoms with Crippen LogP contribution in [0.4, 0.5) is 0 Å². The van der Waals surface area contributed by atoms with Gasteiger partial charge in [0.05, 0.1) is 29.2 Å². The molecule has 6 heteroatoms. The number of nitrogens with one attached hydrogen (secondary N) is 1. The molecule has 0 spiro atoms. The number of imidazole rings is 1. The second kappa shape index (κ2) is 4.47. The Bertz CT molecular complexity index is 706. The van der Waals surface area contributed by atoms with Crippen LogP contribution in [0, 0.1) is 6.92 Å². The van der Waals surface area contributed by atoms with Gasteiger partial charge >= 0.3 is 0 Å². The minimum atomic E-state index is -3.42. The lowest BCUT2D eigenvalue weighted by atomic mass is 10.2. The molecule has 0 unspecified atom stereocenters. The number of H-pyrrole nitrogens is 1. The van der Waals surface area contributed by atoms with Crippen LogP contribution in [0.5, 0.6) is 0 Å². The molecule has 1 N–H and O–H groups in total. The van der Waals surface area contributed by atoms with Crippen molar-refractivity contribution in [3.63, 3.8) is 0 Å². The first-order chi connectivity index (χ1) is 9.07. The number of aryl methyl sites for hydroxylation is 1. The Hall–Kier alpha value is -1.66. The molecule has 1 aliphatic rings. The minimum absolute atomic E-state index is 0.357. The Morgan fingerprint density at radius 2 is 2.21 bits per heavy atom. The van der Waals surface area contributed by atoms with Crippen molar-refractivity contribution < 1.29 is 8.42 Å². The largest absolute Gasteiger partial charge is 0.347 e. The van der Waals surface area contributed by atoms with Crippen molar-refractivity contribution in [1.29, 1.82) is 0 Å². The van der Waals surface area contributed by atoms with Crippen LogP contribution < -0.4 is 0 Å². The van der Waals surface area contributed by atoms with Crippen LogP contribution in [0.2, 0.25) is 0 Å². The Morgan fingerprint density at radius 1 is 1.37 bits per heavy atom. The number of nitrogens with zero attached hydrogens (tertiary/aromatic N) is 2. The average molecular weight is 277 g/mol. The fourth-order valence-corrected chi connectivity index (χ4v) is 3.83. The van der Waals surface area contributed by atoms with Gasteiger partial charge in [-0.2, -0.15) is 4.31 Å². The van der Waals surface area contributed by atoms with Crippen LogP contribution in [0.1, 0.15) is 17.0 Å². The Balaban J connectivity index is 1.94. The molecular weight excluding hydrogens is 262 g/mol. The van der Waals surface area contributed by atoms with E-state index >= 15 is 0 Å². The number of aromatic amines is 1. The second-order valence-corrected chi connectivity index (χ2v) is 6.67. The van der Waals surface area contributed by atoms with Crippen LogP contribution in [0.25, 0.3) is 0 Å². The summed E-state index contributed by atoms with van der Waals surface area (Å²) in [6.07, 6.45) is 2.28.